The summed E-state index contributed by atoms with van der Waals surface area (Å²) < 4.78 is 13.4. The summed E-state index contributed by atoms with van der Waals surface area (Å²) in [6.45, 7) is 4.21. The van der Waals surface area contributed by atoms with Crippen LogP contribution in [0.5, 0.6) is 0 Å². The molecule has 2 unspecified atom stereocenters. The van der Waals surface area contributed by atoms with Crippen LogP contribution in [-0.4, -0.2) is 17.2 Å². The van der Waals surface area contributed by atoms with E-state index in [4.69, 9.17) is 0 Å². The fourth-order valence-corrected chi connectivity index (χ4v) is 3.87. The molecule has 0 bridgehead atoms. The molecule has 3 heteroatoms. The molecule has 3 atom stereocenters. The van der Waals surface area contributed by atoms with Crippen molar-refractivity contribution in [2.24, 2.45) is 0 Å². The van der Waals surface area contributed by atoms with E-state index in [0.717, 1.165) is 36.8 Å². The van der Waals surface area contributed by atoms with Crippen molar-refractivity contribution >= 4 is 0 Å². The van der Waals surface area contributed by atoms with Crippen LogP contribution in [0.2, 0.25) is 0 Å². The first kappa shape index (κ1) is 13.1. The molecule has 2 nitrogen and oxygen atoms in total. The number of fused-ring (bicyclic) bond motifs is 4. The summed E-state index contributed by atoms with van der Waals surface area (Å²) in [5.74, 6) is -0.102. The molecule has 3 rings (SSSR count). The van der Waals surface area contributed by atoms with E-state index >= 15 is 0 Å². The molecule has 0 spiro atoms. The predicted molar refractivity (Wildman–Crippen MR) is 73.6 cm³/mol. The van der Waals surface area contributed by atoms with Gasteiger partial charge in [-0.05, 0) is 36.1 Å². The maximum absolute atomic E-state index is 13.4. The van der Waals surface area contributed by atoms with E-state index < -0.39 is 5.60 Å². The quantitative estimate of drug-likeness (QED) is 0.859. The first-order chi connectivity index (χ1) is 9.03. The van der Waals surface area contributed by atoms with Crippen molar-refractivity contribution < 1.29 is 9.50 Å². The third-order valence-electron chi connectivity index (χ3n) is 4.65. The van der Waals surface area contributed by atoms with Crippen LogP contribution in [0.4, 0.5) is 4.39 Å². The van der Waals surface area contributed by atoms with Crippen LogP contribution >= 0.6 is 0 Å². The molecule has 1 saturated carbocycles. The molecule has 1 fully saturated rings. The molecule has 0 amide bonds. The zero-order valence-corrected chi connectivity index (χ0v) is 11.6. The number of nitrogens with one attached hydrogen (secondary N) is 1. The fraction of sp³-hybridized carbons (Fsp3) is 0.625. The first-order valence-corrected chi connectivity index (χ1v) is 7.32. The second kappa shape index (κ2) is 4.57. The van der Waals surface area contributed by atoms with Crippen LogP contribution in [0.15, 0.2) is 18.2 Å². The second-order valence-electron chi connectivity index (χ2n) is 6.27. The lowest BCUT2D eigenvalue weighted by Gasteiger charge is -2.51. The van der Waals surface area contributed by atoms with Gasteiger partial charge < -0.3 is 10.4 Å². The van der Waals surface area contributed by atoms with Crippen molar-refractivity contribution in [3.8, 4) is 0 Å². The number of hydrogen-bond acceptors (Lipinski definition) is 2. The van der Waals surface area contributed by atoms with Crippen LogP contribution in [-0.2, 0) is 5.60 Å². The van der Waals surface area contributed by atoms with E-state index in [1.165, 1.54) is 6.07 Å². The highest BCUT2D eigenvalue weighted by molar-refractivity contribution is 5.49. The lowest BCUT2D eigenvalue weighted by atomic mass is 9.60. The summed E-state index contributed by atoms with van der Waals surface area (Å²) in [4.78, 5) is 0. The minimum atomic E-state index is -0.802. The molecule has 0 saturated heterocycles. The van der Waals surface area contributed by atoms with E-state index in [2.05, 4.69) is 19.2 Å². The van der Waals surface area contributed by atoms with Crippen molar-refractivity contribution in [2.45, 2.75) is 63.1 Å². The van der Waals surface area contributed by atoms with Crippen molar-refractivity contribution in [3.05, 3.63) is 35.1 Å². The van der Waals surface area contributed by atoms with E-state index in [-0.39, 0.29) is 17.8 Å². The summed E-state index contributed by atoms with van der Waals surface area (Å²) in [5, 5.41) is 14.7. The molecule has 19 heavy (non-hydrogen) atoms. The van der Waals surface area contributed by atoms with Gasteiger partial charge in [-0.15, -0.1) is 0 Å². The Morgan fingerprint density at radius 3 is 2.79 bits per heavy atom. The fourth-order valence-electron chi connectivity index (χ4n) is 3.87. The lowest BCUT2D eigenvalue weighted by molar-refractivity contribution is -0.0559. The zero-order valence-electron chi connectivity index (χ0n) is 11.6. The third-order valence-corrected chi connectivity index (χ3v) is 4.65. The average molecular weight is 263 g/mol. The lowest BCUT2D eigenvalue weighted by Crippen LogP contribution is -2.58. The van der Waals surface area contributed by atoms with Crippen LogP contribution in [0, 0.1) is 5.82 Å². The Hall–Kier alpha value is -0.930. The van der Waals surface area contributed by atoms with Gasteiger partial charge in [-0.2, -0.15) is 0 Å². The van der Waals surface area contributed by atoms with E-state index in [0.29, 0.717) is 6.04 Å². The maximum atomic E-state index is 13.4. The molecule has 104 valence electrons. The largest absolute Gasteiger partial charge is 0.383 e. The van der Waals surface area contributed by atoms with Gasteiger partial charge in [0.15, 0.2) is 0 Å². The first-order valence-electron chi connectivity index (χ1n) is 7.32. The topological polar surface area (TPSA) is 32.3 Å². The Labute approximate surface area is 114 Å². The van der Waals surface area contributed by atoms with Gasteiger partial charge in [0.25, 0.3) is 0 Å². The molecular weight excluding hydrogens is 241 g/mol. The Balaban J connectivity index is 2.00. The molecule has 2 aliphatic rings. The van der Waals surface area contributed by atoms with E-state index in [9.17, 15) is 9.50 Å². The van der Waals surface area contributed by atoms with Crippen molar-refractivity contribution in [2.75, 3.05) is 0 Å². The SMILES string of the molecule is CC(C)NC1CCCCC2c3cc(F)ccc3[C@]12O. The predicted octanol–water partition coefficient (Wildman–Crippen LogP) is 3.05. The second-order valence-corrected chi connectivity index (χ2v) is 6.27. The van der Waals surface area contributed by atoms with Crippen molar-refractivity contribution in [3.63, 3.8) is 0 Å². The van der Waals surface area contributed by atoms with Crippen LogP contribution in [0.1, 0.15) is 56.6 Å². The summed E-state index contributed by atoms with van der Waals surface area (Å²) >= 11 is 0. The highest BCUT2D eigenvalue weighted by Crippen LogP contribution is 2.56. The van der Waals surface area contributed by atoms with Gasteiger partial charge in [0.05, 0.1) is 0 Å². The monoisotopic (exact) mass is 263 g/mol. The van der Waals surface area contributed by atoms with Gasteiger partial charge in [-0.3, -0.25) is 0 Å². The molecule has 0 radical (unpaired) electrons. The highest BCUT2D eigenvalue weighted by Gasteiger charge is 2.55. The maximum Gasteiger partial charge on any atom is 0.123 e. The van der Waals surface area contributed by atoms with E-state index in [1.807, 2.05) is 0 Å². The molecule has 2 aliphatic carbocycles. The molecule has 1 aromatic carbocycles. The molecule has 2 N–H and O–H groups in total. The van der Waals surface area contributed by atoms with Crippen LogP contribution < -0.4 is 5.32 Å². The highest BCUT2D eigenvalue weighted by atomic mass is 19.1. The standard InChI is InChI=1S/C16H22FNO/c1-10(2)18-15-6-4-3-5-13-12-9-11(17)7-8-14(12)16(13,15)19/h7-10,13,15,18-19H,3-6H2,1-2H3/t13?,15?,16-/m0/s1. The molecule has 1 aromatic rings. The smallest absolute Gasteiger partial charge is 0.123 e. The van der Waals surface area contributed by atoms with Gasteiger partial charge in [0.1, 0.15) is 11.4 Å². The minimum absolute atomic E-state index is 0.0814. The summed E-state index contributed by atoms with van der Waals surface area (Å²) in [6.07, 6.45) is 4.18. The summed E-state index contributed by atoms with van der Waals surface area (Å²) in [6, 6.07) is 5.26. The Morgan fingerprint density at radius 2 is 2.05 bits per heavy atom. The van der Waals surface area contributed by atoms with Gasteiger partial charge in [0.2, 0.25) is 0 Å². The molecule has 0 heterocycles. The molecule has 0 aromatic heterocycles. The number of aliphatic hydroxyl groups is 1. The number of hydrogen-bond donors (Lipinski definition) is 2. The van der Waals surface area contributed by atoms with Gasteiger partial charge in [-0.25, -0.2) is 4.39 Å². The van der Waals surface area contributed by atoms with Crippen LogP contribution in [0.25, 0.3) is 0 Å². The number of rotatable bonds is 2. The minimum Gasteiger partial charge on any atom is -0.383 e. The Bertz CT molecular complexity index is 488. The van der Waals surface area contributed by atoms with Gasteiger partial charge >= 0.3 is 0 Å². The third kappa shape index (κ3) is 1.91. The van der Waals surface area contributed by atoms with Crippen LogP contribution in [0.3, 0.4) is 0 Å². The Kier molecular flexibility index (Phi) is 3.14. The van der Waals surface area contributed by atoms with Gasteiger partial charge in [0, 0.05) is 18.0 Å². The number of benzene rings is 1. The normalized spacial score (nSPS) is 33.3. The Morgan fingerprint density at radius 1 is 1.32 bits per heavy atom. The number of halogens is 1. The van der Waals surface area contributed by atoms with Gasteiger partial charge in [-0.1, -0.05) is 32.8 Å². The molecular formula is C16H22FNO. The molecule has 0 aliphatic heterocycles. The van der Waals surface area contributed by atoms with Crippen molar-refractivity contribution in [1.82, 2.24) is 5.32 Å². The summed E-state index contributed by atoms with van der Waals surface area (Å²) in [7, 11) is 0. The zero-order chi connectivity index (χ0) is 13.6. The van der Waals surface area contributed by atoms with E-state index in [1.54, 1.807) is 12.1 Å². The average Bonchev–Trinajstić information content (AvgIpc) is 2.47. The summed E-state index contributed by atoms with van der Waals surface area (Å²) in [5.41, 5.74) is 1.14. The van der Waals surface area contributed by atoms with Crippen molar-refractivity contribution in [1.29, 1.82) is 0 Å².